The van der Waals surface area contributed by atoms with Crippen molar-refractivity contribution in [1.29, 1.82) is 0 Å². The first kappa shape index (κ1) is 18.0. The summed E-state index contributed by atoms with van der Waals surface area (Å²) in [5.41, 5.74) is 7.42. The maximum absolute atomic E-state index is 11.3. The minimum atomic E-state index is -0.443. The van der Waals surface area contributed by atoms with Crippen molar-refractivity contribution in [2.24, 2.45) is 17.6 Å². The molecule has 0 radical (unpaired) electrons. The van der Waals surface area contributed by atoms with Crippen LogP contribution in [0.3, 0.4) is 0 Å². The average Bonchev–Trinajstić information content (AvgIpc) is 3.10. The number of piperidine rings is 1. The zero-order valence-electron chi connectivity index (χ0n) is 15.6. The lowest BCUT2D eigenvalue weighted by molar-refractivity contribution is 0.100. The Morgan fingerprint density at radius 3 is 2.85 bits per heavy atom. The molecule has 1 fully saturated rings. The molecule has 4 rings (SSSR count). The van der Waals surface area contributed by atoms with Crippen LogP contribution in [0.5, 0.6) is 0 Å². The molecule has 5 heteroatoms. The van der Waals surface area contributed by atoms with E-state index in [1.807, 2.05) is 6.07 Å². The normalized spacial score (nSPS) is 21.1. The molecule has 0 saturated carbocycles. The van der Waals surface area contributed by atoms with Gasteiger partial charge in [0, 0.05) is 17.5 Å². The lowest BCUT2D eigenvalue weighted by Crippen LogP contribution is -2.37. The Hall–Kier alpha value is -2.40. The number of primary amides is 1. The largest absolute Gasteiger partial charge is 0.366 e. The number of hydrogen-bond donors (Lipinski definition) is 1. The molecule has 1 aromatic heterocycles. The Morgan fingerprint density at radius 1 is 1.26 bits per heavy atom. The van der Waals surface area contributed by atoms with Crippen molar-refractivity contribution in [3.05, 3.63) is 53.8 Å². The van der Waals surface area contributed by atoms with E-state index >= 15 is 0 Å². The number of carbonyl (C=O) groups is 1. The molecule has 1 unspecified atom stereocenters. The summed E-state index contributed by atoms with van der Waals surface area (Å²) in [6, 6.07) is 5.33. The summed E-state index contributed by atoms with van der Waals surface area (Å²) in [7, 11) is 0. The van der Waals surface area contributed by atoms with E-state index in [0.29, 0.717) is 17.1 Å². The molecule has 2 heterocycles. The number of fused-ring (bicyclic) bond motifs is 1. The Bertz CT molecular complexity index is 860. The zero-order chi connectivity index (χ0) is 18.6. The maximum Gasteiger partial charge on any atom is 0.248 e. The van der Waals surface area contributed by atoms with E-state index in [1.165, 1.54) is 38.9 Å². The zero-order valence-corrected chi connectivity index (χ0v) is 15.6. The number of likely N-dealkylation sites (tertiary alicyclic amines) is 1. The van der Waals surface area contributed by atoms with E-state index < -0.39 is 5.91 Å². The van der Waals surface area contributed by atoms with Crippen molar-refractivity contribution in [1.82, 2.24) is 10.1 Å². The van der Waals surface area contributed by atoms with Crippen molar-refractivity contribution in [3.63, 3.8) is 0 Å². The van der Waals surface area contributed by atoms with Gasteiger partial charge in [0.15, 0.2) is 5.58 Å². The summed E-state index contributed by atoms with van der Waals surface area (Å²) >= 11 is 0. The van der Waals surface area contributed by atoms with Crippen LogP contribution in [0, 0.1) is 11.8 Å². The summed E-state index contributed by atoms with van der Waals surface area (Å²) in [6.45, 7) is 3.57. The van der Waals surface area contributed by atoms with E-state index in [0.717, 1.165) is 29.8 Å². The van der Waals surface area contributed by atoms with Gasteiger partial charge in [-0.2, -0.15) is 0 Å². The van der Waals surface area contributed by atoms with Gasteiger partial charge in [0.1, 0.15) is 0 Å². The second-order valence-corrected chi connectivity index (χ2v) is 7.80. The van der Waals surface area contributed by atoms with Crippen molar-refractivity contribution in [3.8, 4) is 0 Å². The Kier molecular flexibility index (Phi) is 5.39. The predicted octanol–water partition coefficient (Wildman–Crippen LogP) is 3.70. The highest BCUT2D eigenvalue weighted by Gasteiger charge is 2.22. The molecule has 27 heavy (non-hydrogen) atoms. The fourth-order valence-electron chi connectivity index (χ4n) is 4.22. The van der Waals surface area contributed by atoms with Gasteiger partial charge in [0.25, 0.3) is 0 Å². The van der Waals surface area contributed by atoms with Gasteiger partial charge in [-0.3, -0.25) is 4.79 Å². The van der Waals surface area contributed by atoms with Gasteiger partial charge in [-0.15, -0.1) is 0 Å². The third-order valence-corrected chi connectivity index (χ3v) is 5.89. The molecule has 1 saturated heterocycles. The van der Waals surface area contributed by atoms with Crippen LogP contribution >= 0.6 is 0 Å². The number of nitrogens with two attached hydrogens (primary N) is 1. The summed E-state index contributed by atoms with van der Waals surface area (Å²) in [5, 5.41) is 5.22. The highest BCUT2D eigenvalue weighted by molar-refractivity contribution is 5.96. The lowest BCUT2D eigenvalue weighted by atomic mass is 9.90. The molecule has 2 aliphatic rings. The van der Waals surface area contributed by atoms with Gasteiger partial charge in [-0.25, -0.2) is 0 Å². The van der Waals surface area contributed by atoms with E-state index in [1.54, 1.807) is 12.1 Å². The molecule has 5 nitrogen and oxygen atoms in total. The molecule has 2 aromatic rings. The lowest BCUT2D eigenvalue weighted by Gasteiger charge is -2.33. The molecule has 1 aliphatic heterocycles. The molecule has 1 amide bonds. The van der Waals surface area contributed by atoms with Gasteiger partial charge in [0.2, 0.25) is 5.91 Å². The monoisotopic (exact) mass is 365 g/mol. The number of amides is 1. The molecule has 0 spiro atoms. The number of aryl methyl sites for hydroxylation is 1. The van der Waals surface area contributed by atoms with Crippen molar-refractivity contribution in [2.75, 3.05) is 19.6 Å². The molecule has 2 N–H and O–H groups in total. The number of carbonyl (C=O) groups excluding carboxylic acids is 1. The van der Waals surface area contributed by atoms with Crippen LogP contribution < -0.4 is 5.73 Å². The number of benzene rings is 1. The van der Waals surface area contributed by atoms with Crippen LogP contribution in [-0.2, 0) is 6.42 Å². The second kappa shape index (κ2) is 8.09. The Morgan fingerprint density at radius 2 is 2.11 bits per heavy atom. The first-order chi connectivity index (χ1) is 13.2. The molecule has 0 bridgehead atoms. The van der Waals surface area contributed by atoms with Gasteiger partial charge < -0.3 is 15.2 Å². The first-order valence-electron chi connectivity index (χ1n) is 9.93. The molecular formula is C22H27N3O2. The summed E-state index contributed by atoms with van der Waals surface area (Å²) < 4.78 is 5.40. The predicted molar refractivity (Wildman–Crippen MR) is 106 cm³/mol. The quantitative estimate of drug-likeness (QED) is 0.847. The van der Waals surface area contributed by atoms with Crippen molar-refractivity contribution >= 4 is 16.9 Å². The van der Waals surface area contributed by atoms with Gasteiger partial charge in [0.05, 0.1) is 5.69 Å². The van der Waals surface area contributed by atoms with Crippen molar-refractivity contribution in [2.45, 2.75) is 32.1 Å². The number of nitrogens with zero attached hydrogens (tertiary/aromatic N) is 2. The number of allylic oxidation sites excluding steroid dienone is 3. The topological polar surface area (TPSA) is 72.4 Å². The van der Waals surface area contributed by atoms with Gasteiger partial charge in [-0.05, 0) is 75.2 Å². The van der Waals surface area contributed by atoms with Crippen molar-refractivity contribution < 1.29 is 9.32 Å². The van der Waals surface area contributed by atoms with E-state index in [-0.39, 0.29) is 0 Å². The van der Waals surface area contributed by atoms with Crippen LogP contribution in [0.2, 0.25) is 0 Å². The van der Waals surface area contributed by atoms with Crippen LogP contribution in [0.4, 0.5) is 0 Å². The van der Waals surface area contributed by atoms with E-state index in [2.05, 4.69) is 34.4 Å². The number of hydrogen-bond acceptors (Lipinski definition) is 4. The maximum atomic E-state index is 11.3. The van der Waals surface area contributed by atoms with Crippen LogP contribution in [0.1, 0.15) is 41.7 Å². The minimum Gasteiger partial charge on any atom is -0.366 e. The fraction of sp³-hybridized carbons (Fsp3) is 0.455. The highest BCUT2D eigenvalue weighted by atomic mass is 16.5. The van der Waals surface area contributed by atoms with Gasteiger partial charge in [-0.1, -0.05) is 29.5 Å². The minimum absolute atomic E-state index is 0.443. The third-order valence-electron chi connectivity index (χ3n) is 5.89. The highest BCUT2D eigenvalue weighted by Crippen LogP contribution is 2.26. The molecule has 1 aromatic carbocycles. The van der Waals surface area contributed by atoms with E-state index in [4.69, 9.17) is 10.3 Å². The fourth-order valence-corrected chi connectivity index (χ4v) is 4.22. The molecule has 1 atom stereocenters. The summed E-state index contributed by atoms with van der Waals surface area (Å²) in [4.78, 5) is 13.9. The summed E-state index contributed by atoms with van der Waals surface area (Å²) in [5.74, 6) is 0.986. The SMILES string of the molecule is NC(=O)c1ccc2c(CCC3CCN(CC4C=CC=CC4)CC3)noc2c1. The standard InChI is InChI=1S/C22H27N3O2/c23-22(26)18-7-8-19-20(24-27-21(19)14-18)9-6-16-10-12-25(13-11-16)15-17-4-2-1-3-5-17/h1-4,7-8,14,16-17H,5-6,9-13,15H2,(H2,23,26). The smallest absolute Gasteiger partial charge is 0.248 e. The summed E-state index contributed by atoms with van der Waals surface area (Å²) in [6.07, 6.45) is 14.7. The van der Waals surface area contributed by atoms with Crippen LogP contribution in [-0.4, -0.2) is 35.6 Å². The molecule has 1 aliphatic carbocycles. The molecule has 142 valence electrons. The third kappa shape index (κ3) is 4.30. The van der Waals surface area contributed by atoms with Crippen LogP contribution in [0.25, 0.3) is 11.0 Å². The Balaban J connectivity index is 1.27. The van der Waals surface area contributed by atoms with Crippen LogP contribution in [0.15, 0.2) is 47.0 Å². The first-order valence-corrected chi connectivity index (χ1v) is 9.93. The Labute approximate surface area is 159 Å². The average molecular weight is 365 g/mol. The second-order valence-electron chi connectivity index (χ2n) is 7.80. The number of rotatable bonds is 6. The van der Waals surface area contributed by atoms with E-state index in [9.17, 15) is 4.79 Å². The molecular weight excluding hydrogens is 338 g/mol. The van der Waals surface area contributed by atoms with Gasteiger partial charge >= 0.3 is 0 Å². The number of aromatic nitrogens is 1.